The summed E-state index contributed by atoms with van der Waals surface area (Å²) in [5.41, 5.74) is 1.94. The summed E-state index contributed by atoms with van der Waals surface area (Å²) < 4.78 is 21.0. The Morgan fingerprint density at radius 2 is 2.15 bits per heavy atom. The van der Waals surface area contributed by atoms with E-state index >= 15 is 0 Å². The quantitative estimate of drug-likeness (QED) is 0.199. The number of anilines is 1. The summed E-state index contributed by atoms with van der Waals surface area (Å²) in [6, 6.07) is 8.12. The largest absolute Gasteiger partial charge is 0.483 e. The highest BCUT2D eigenvalue weighted by atomic mass is 32.2. The lowest BCUT2D eigenvalue weighted by atomic mass is 9.69. The highest BCUT2D eigenvalue weighted by molar-refractivity contribution is 7.99. The van der Waals surface area contributed by atoms with Crippen molar-refractivity contribution in [2.24, 2.45) is 11.3 Å². The molecule has 4 rings (SSSR count). The van der Waals surface area contributed by atoms with Gasteiger partial charge in [0, 0.05) is 11.4 Å². The Balaban J connectivity index is 1.43. The van der Waals surface area contributed by atoms with Gasteiger partial charge in [-0.1, -0.05) is 45.0 Å². The molecule has 10 heteroatoms. The van der Waals surface area contributed by atoms with Gasteiger partial charge in [0.2, 0.25) is 5.91 Å². The third-order valence-electron chi connectivity index (χ3n) is 7.53. The van der Waals surface area contributed by atoms with E-state index in [1.54, 1.807) is 18.2 Å². The predicted octanol–water partition coefficient (Wildman–Crippen LogP) is 6.95. The molecule has 39 heavy (non-hydrogen) atoms. The molecule has 0 fully saturated rings. The van der Waals surface area contributed by atoms with Gasteiger partial charge in [-0.2, -0.15) is 5.26 Å². The van der Waals surface area contributed by atoms with Gasteiger partial charge in [0.05, 0.1) is 11.3 Å². The van der Waals surface area contributed by atoms with Crippen molar-refractivity contribution >= 4 is 34.0 Å². The van der Waals surface area contributed by atoms with Crippen LogP contribution in [0, 0.1) is 28.5 Å². The number of carbonyl (C=O) groups excluding carboxylic acids is 1. The van der Waals surface area contributed by atoms with Crippen LogP contribution < -0.4 is 10.1 Å². The van der Waals surface area contributed by atoms with Crippen LogP contribution in [-0.2, 0) is 24.2 Å². The Hall–Kier alpha value is -3.16. The smallest absolute Gasteiger partial charge is 0.235 e. The Labute approximate surface area is 237 Å². The van der Waals surface area contributed by atoms with Gasteiger partial charge in [0.25, 0.3) is 0 Å². The van der Waals surface area contributed by atoms with Crippen LogP contribution in [0.2, 0.25) is 0 Å². The summed E-state index contributed by atoms with van der Waals surface area (Å²) in [5, 5.41) is 22.6. The summed E-state index contributed by atoms with van der Waals surface area (Å²) in [6.07, 6.45) is 5.27. The summed E-state index contributed by atoms with van der Waals surface area (Å²) in [6.45, 7) is 13.0. The number of carbonyl (C=O) groups is 1. The minimum absolute atomic E-state index is 0.113. The second kappa shape index (κ2) is 12.3. The Morgan fingerprint density at radius 3 is 2.82 bits per heavy atom. The highest BCUT2D eigenvalue weighted by Gasteiger charge is 2.34. The van der Waals surface area contributed by atoms with Crippen molar-refractivity contribution in [1.82, 2.24) is 14.8 Å². The van der Waals surface area contributed by atoms with Gasteiger partial charge in [-0.25, -0.2) is 4.39 Å². The number of halogens is 1. The third kappa shape index (κ3) is 6.53. The molecule has 2 heterocycles. The van der Waals surface area contributed by atoms with Gasteiger partial charge in [-0.15, -0.1) is 28.1 Å². The number of hydrogen-bond acceptors (Lipinski definition) is 7. The molecule has 3 aromatic rings. The van der Waals surface area contributed by atoms with Crippen molar-refractivity contribution in [1.29, 1.82) is 5.26 Å². The number of nitrogens with zero attached hydrogens (tertiary/aromatic N) is 4. The molecule has 0 bridgehead atoms. The fourth-order valence-corrected chi connectivity index (χ4v) is 6.87. The van der Waals surface area contributed by atoms with Crippen LogP contribution in [0.3, 0.4) is 0 Å². The number of aromatic nitrogens is 3. The number of nitriles is 1. The first-order valence-electron chi connectivity index (χ1n) is 13.1. The highest BCUT2D eigenvalue weighted by Crippen LogP contribution is 2.45. The van der Waals surface area contributed by atoms with Crippen molar-refractivity contribution in [2.75, 3.05) is 11.1 Å². The van der Waals surface area contributed by atoms with E-state index in [-0.39, 0.29) is 22.9 Å². The summed E-state index contributed by atoms with van der Waals surface area (Å²) >= 11 is 2.80. The third-order valence-corrected chi connectivity index (χ3v) is 9.66. The molecule has 1 aliphatic rings. The lowest BCUT2D eigenvalue weighted by molar-refractivity contribution is -0.113. The molecule has 2 aromatic heterocycles. The first-order valence-corrected chi connectivity index (χ1v) is 14.9. The molecule has 7 nitrogen and oxygen atoms in total. The topological polar surface area (TPSA) is 92.8 Å². The number of amides is 1. The molecule has 2 atom stereocenters. The molecule has 1 amide bonds. The molecule has 0 saturated heterocycles. The number of benzene rings is 1. The van der Waals surface area contributed by atoms with Crippen molar-refractivity contribution < 1.29 is 13.9 Å². The van der Waals surface area contributed by atoms with Gasteiger partial charge in [-0.05, 0) is 67.3 Å². The van der Waals surface area contributed by atoms with Crippen molar-refractivity contribution in [3.63, 3.8) is 0 Å². The summed E-state index contributed by atoms with van der Waals surface area (Å²) in [5.74, 6) is 1.23. The first-order chi connectivity index (χ1) is 18.7. The molecule has 1 aliphatic carbocycles. The van der Waals surface area contributed by atoms with E-state index in [1.807, 2.05) is 11.5 Å². The van der Waals surface area contributed by atoms with Gasteiger partial charge < -0.3 is 10.1 Å². The number of allylic oxidation sites excluding steroid dienone is 1. The Kier molecular flexibility index (Phi) is 9.13. The fraction of sp³-hybridized carbons (Fsp3) is 0.448. The zero-order valence-corrected chi connectivity index (χ0v) is 24.4. The average molecular weight is 568 g/mol. The standard InChI is InChI=1S/C29H34FN5O2S2/c1-6-14-35-26(18(3)37-21-11-9-20(30)10-12-21)33-34-28(35)38-17-25(36)32-27-23(16-31)22-13-8-19(15-24(22)39-27)29(4,5)7-2/h6,9-12,18-19H,1,7-8,13-15,17H2,2-5H3,(H,32,36). The lowest BCUT2D eigenvalue weighted by Gasteiger charge is -2.36. The van der Waals surface area contributed by atoms with E-state index < -0.39 is 6.10 Å². The summed E-state index contributed by atoms with van der Waals surface area (Å²) in [7, 11) is 0. The van der Waals surface area contributed by atoms with Crippen molar-refractivity contribution in [2.45, 2.75) is 71.2 Å². The molecular weight excluding hydrogens is 533 g/mol. The van der Waals surface area contributed by atoms with Crippen LogP contribution in [0.25, 0.3) is 0 Å². The maximum absolute atomic E-state index is 13.2. The van der Waals surface area contributed by atoms with Gasteiger partial charge >= 0.3 is 0 Å². The van der Waals surface area contributed by atoms with E-state index in [1.165, 1.54) is 40.1 Å². The van der Waals surface area contributed by atoms with Crippen LogP contribution in [-0.4, -0.2) is 26.4 Å². The minimum Gasteiger partial charge on any atom is -0.483 e. The molecule has 0 saturated carbocycles. The molecule has 0 radical (unpaired) electrons. The number of thioether (sulfide) groups is 1. The second-order valence-electron chi connectivity index (χ2n) is 10.4. The van der Waals surface area contributed by atoms with Crippen molar-refractivity contribution in [3.8, 4) is 11.8 Å². The van der Waals surface area contributed by atoms with Gasteiger partial charge in [0.1, 0.15) is 22.6 Å². The van der Waals surface area contributed by atoms with Gasteiger partial charge in [-0.3, -0.25) is 9.36 Å². The molecule has 0 aliphatic heterocycles. The van der Waals surface area contributed by atoms with E-state index in [4.69, 9.17) is 4.74 Å². The number of rotatable bonds is 11. The maximum atomic E-state index is 13.2. The van der Waals surface area contributed by atoms with Crippen LogP contribution in [0.4, 0.5) is 9.39 Å². The Bertz CT molecular complexity index is 1370. The van der Waals surface area contributed by atoms with E-state index in [9.17, 15) is 14.4 Å². The second-order valence-corrected chi connectivity index (χ2v) is 12.4. The minimum atomic E-state index is -0.455. The maximum Gasteiger partial charge on any atom is 0.235 e. The molecule has 1 N–H and O–H groups in total. The first kappa shape index (κ1) is 28.8. The van der Waals surface area contributed by atoms with Crippen LogP contribution in [0.5, 0.6) is 5.75 Å². The van der Waals surface area contributed by atoms with Crippen LogP contribution in [0.1, 0.15) is 68.5 Å². The predicted molar refractivity (Wildman–Crippen MR) is 154 cm³/mol. The molecule has 1 aromatic carbocycles. The fourth-order valence-electron chi connectivity index (χ4n) is 4.82. The number of nitrogens with one attached hydrogen (secondary N) is 1. The molecule has 2 unspecified atom stereocenters. The molecule has 206 valence electrons. The number of ether oxygens (including phenoxy) is 1. The number of fused-ring (bicyclic) bond motifs is 1. The van der Waals surface area contributed by atoms with E-state index in [0.717, 1.165) is 31.2 Å². The van der Waals surface area contributed by atoms with Gasteiger partial charge in [0.15, 0.2) is 17.1 Å². The zero-order chi connectivity index (χ0) is 28.2. The Morgan fingerprint density at radius 1 is 1.41 bits per heavy atom. The van der Waals surface area contributed by atoms with E-state index in [0.29, 0.717) is 39.8 Å². The molecule has 0 spiro atoms. The van der Waals surface area contributed by atoms with Crippen LogP contribution >= 0.6 is 23.1 Å². The lowest BCUT2D eigenvalue weighted by Crippen LogP contribution is -2.28. The number of thiophene rings is 1. The monoisotopic (exact) mass is 567 g/mol. The van der Waals surface area contributed by atoms with Crippen LogP contribution in [0.15, 0.2) is 42.1 Å². The normalized spacial score (nSPS) is 15.7. The van der Waals surface area contributed by atoms with Crippen molar-refractivity contribution in [3.05, 3.63) is 64.6 Å². The zero-order valence-electron chi connectivity index (χ0n) is 22.8. The average Bonchev–Trinajstić information content (AvgIpc) is 3.48. The number of hydrogen-bond donors (Lipinski definition) is 1. The SMILES string of the molecule is C=CCn1c(SCC(=O)Nc2sc3c(c2C#N)CCC(C(C)(C)CC)C3)nnc1C(C)Oc1ccc(F)cc1. The molecular formula is C29H34FN5O2S2. The van der Waals surface area contributed by atoms with E-state index in [2.05, 4.69) is 48.9 Å². The summed E-state index contributed by atoms with van der Waals surface area (Å²) in [4.78, 5) is 14.2.